The molecule has 0 bridgehead atoms. The molecular formula is C14H26N2. The Morgan fingerprint density at radius 2 is 2.12 bits per heavy atom. The molecule has 0 aromatic heterocycles. The molecule has 1 N–H and O–H groups in total. The fourth-order valence-corrected chi connectivity index (χ4v) is 2.66. The molecule has 1 aliphatic rings. The SMILES string of the molecule is C#CCNCC(C)N1CCC(CC)(CC)C1. The van der Waals surface area contributed by atoms with Crippen molar-refractivity contribution in [2.75, 3.05) is 26.2 Å². The fourth-order valence-electron chi connectivity index (χ4n) is 2.66. The maximum absolute atomic E-state index is 5.23. The summed E-state index contributed by atoms with van der Waals surface area (Å²) in [4.78, 5) is 2.61. The second kappa shape index (κ2) is 6.27. The standard InChI is InChI=1S/C14H26N2/c1-5-9-15-11-13(4)16-10-8-14(6-2,7-3)12-16/h1,13,15H,6-12H2,2-4H3. The lowest BCUT2D eigenvalue weighted by Gasteiger charge is -2.29. The molecule has 0 aliphatic carbocycles. The Bertz CT molecular complexity index is 238. The van der Waals surface area contributed by atoms with E-state index in [0.29, 0.717) is 18.0 Å². The first-order chi connectivity index (χ1) is 7.67. The van der Waals surface area contributed by atoms with E-state index in [1.54, 1.807) is 0 Å². The van der Waals surface area contributed by atoms with Crippen LogP contribution >= 0.6 is 0 Å². The quantitative estimate of drug-likeness (QED) is 0.547. The molecule has 0 aromatic rings. The molecule has 16 heavy (non-hydrogen) atoms. The van der Waals surface area contributed by atoms with E-state index in [1.165, 1.54) is 32.4 Å². The molecule has 1 rings (SSSR count). The normalized spacial score (nSPS) is 21.9. The Labute approximate surface area is 101 Å². The van der Waals surface area contributed by atoms with E-state index in [4.69, 9.17) is 6.42 Å². The van der Waals surface area contributed by atoms with Crippen LogP contribution in [0.25, 0.3) is 0 Å². The van der Waals surface area contributed by atoms with E-state index < -0.39 is 0 Å². The van der Waals surface area contributed by atoms with Crippen LogP contribution in [0.2, 0.25) is 0 Å². The first-order valence-corrected chi connectivity index (χ1v) is 6.55. The van der Waals surface area contributed by atoms with E-state index in [2.05, 4.69) is 36.9 Å². The van der Waals surface area contributed by atoms with Gasteiger partial charge in [0.25, 0.3) is 0 Å². The topological polar surface area (TPSA) is 15.3 Å². The van der Waals surface area contributed by atoms with E-state index in [0.717, 1.165) is 6.54 Å². The first-order valence-electron chi connectivity index (χ1n) is 6.55. The highest BCUT2D eigenvalue weighted by molar-refractivity contribution is 4.91. The van der Waals surface area contributed by atoms with Crippen molar-refractivity contribution in [3.05, 3.63) is 0 Å². The highest BCUT2D eigenvalue weighted by atomic mass is 15.2. The molecule has 1 unspecified atom stereocenters. The number of terminal acetylenes is 1. The number of hydrogen-bond acceptors (Lipinski definition) is 2. The average molecular weight is 222 g/mol. The van der Waals surface area contributed by atoms with Crippen LogP contribution in [0.4, 0.5) is 0 Å². The summed E-state index contributed by atoms with van der Waals surface area (Å²) in [6.45, 7) is 11.2. The third-order valence-corrected chi connectivity index (χ3v) is 4.26. The van der Waals surface area contributed by atoms with Gasteiger partial charge in [0.2, 0.25) is 0 Å². The summed E-state index contributed by atoms with van der Waals surface area (Å²) in [5, 5.41) is 3.30. The summed E-state index contributed by atoms with van der Waals surface area (Å²) in [6.07, 6.45) is 9.21. The smallest absolute Gasteiger partial charge is 0.0574 e. The molecule has 0 saturated carbocycles. The summed E-state index contributed by atoms with van der Waals surface area (Å²) in [6, 6.07) is 0.605. The zero-order valence-corrected chi connectivity index (χ0v) is 11.1. The molecule has 1 saturated heterocycles. The molecule has 1 aliphatic heterocycles. The summed E-state index contributed by atoms with van der Waals surface area (Å²) in [7, 11) is 0. The minimum atomic E-state index is 0.584. The van der Waals surface area contributed by atoms with E-state index in [1.807, 2.05) is 0 Å². The van der Waals surface area contributed by atoms with Crippen LogP contribution in [0.5, 0.6) is 0 Å². The Morgan fingerprint density at radius 3 is 2.62 bits per heavy atom. The highest BCUT2D eigenvalue weighted by Gasteiger charge is 2.36. The van der Waals surface area contributed by atoms with Crippen molar-refractivity contribution in [2.24, 2.45) is 5.41 Å². The molecule has 2 nitrogen and oxygen atoms in total. The monoisotopic (exact) mass is 222 g/mol. The van der Waals surface area contributed by atoms with Gasteiger partial charge in [-0.25, -0.2) is 0 Å². The van der Waals surface area contributed by atoms with Crippen molar-refractivity contribution in [2.45, 2.75) is 46.1 Å². The van der Waals surface area contributed by atoms with Gasteiger partial charge in [-0.15, -0.1) is 6.42 Å². The van der Waals surface area contributed by atoms with Gasteiger partial charge in [-0.05, 0) is 38.1 Å². The van der Waals surface area contributed by atoms with Gasteiger partial charge in [0.15, 0.2) is 0 Å². The number of nitrogens with zero attached hydrogens (tertiary/aromatic N) is 1. The van der Waals surface area contributed by atoms with Gasteiger partial charge < -0.3 is 5.32 Å². The Hall–Kier alpha value is -0.520. The van der Waals surface area contributed by atoms with Gasteiger partial charge in [0.1, 0.15) is 0 Å². The first kappa shape index (κ1) is 13.5. The van der Waals surface area contributed by atoms with Crippen molar-refractivity contribution in [3.8, 4) is 12.3 Å². The van der Waals surface area contributed by atoms with Gasteiger partial charge in [-0.2, -0.15) is 0 Å². The third kappa shape index (κ3) is 3.23. The van der Waals surface area contributed by atoms with Crippen molar-refractivity contribution >= 4 is 0 Å². The van der Waals surface area contributed by atoms with Crippen LogP contribution in [0.15, 0.2) is 0 Å². The summed E-state index contributed by atoms with van der Waals surface area (Å²) in [5.74, 6) is 2.62. The highest BCUT2D eigenvalue weighted by Crippen LogP contribution is 2.37. The predicted molar refractivity (Wildman–Crippen MR) is 70.4 cm³/mol. The maximum Gasteiger partial charge on any atom is 0.0574 e. The number of rotatable bonds is 6. The molecule has 92 valence electrons. The van der Waals surface area contributed by atoms with Crippen LogP contribution in [-0.2, 0) is 0 Å². The van der Waals surface area contributed by atoms with E-state index >= 15 is 0 Å². The Balaban J connectivity index is 2.37. The summed E-state index contributed by atoms with van der Waals surface area (Å²) >= 11 is 0. The number of likely N-dealkylation sites (tertiary alicyclic amines) is 1. The molecule has 0 amide bonds. The van der Waals surface area contributed by atoms with Crippen LogP contribution in [0, 0.1) is 17.8 Å². The minimum Gasteiger partial charge on any atom is -0.305 e. The minimum absolute atomic E-state index is 0.584. The van der Waals surface area contributed by atoms with Gasteiger partial charge in [0, 0.05) is 19.1 Å². The lowest BCUT2D eigenvalue weighted by molar-refractivity contribution is 0.201. The lowest BCUT2D eigenvalue weighted by atomic mass is 9.82. The van der Waals surface area contributed by atoms with Crippen molar-refractivity contribution < 1.29 is 0 Å². The zero-order chi connectivity index (χ0) is 12.0. The fraction of sp³-hybridized carbons (Fsp3) is 0.857. The molecule has 0 spiro atoms. The molecule has 1 heterocycles. The predicted octanol–water partition coefficient (Wildman–Crippen LogP) is 2.11. The molecule has 0 radical (unpaired) electrons. The van der Waals surface area contributed by atoms with Crippen LogP contribution in [0.3, 0.4) is 0 Å². The maximum atomic E-state index is 5.23. The van der Waals surface area contributed by atoms with Gasteiger partial charge in [-0.3, -0.25) is 4.90 Å². The Morgan fingerprint density at radius 1 is 1.44 bits per heavy atom. The number of nitrogens with one attached hydrogen (secondary N) is 1. The third-order valence-electron chi connectivity index (χ3n) is 4.26. The summed E-state index contributed by atoms with van der Waals surface area (Å²) < 4.78 is 0. The van der Waals surface area contributed by atoms with Crippen molar-refractivity contribution in [1.82, 2.24) is 10.2 Å². The molecule has 0 aromatic carbocycles. The lowest BCUT2D eigenvalue weighted by Crippen LogP contribution is -2.40. The largest absolute Gasteiger partial charge is 0.305 e. The Kier molecular flexibility index (Phi) is 5.31. The van der Waals surface area contributed by atoms with Crippen LogP contribution in [0.1, 0.15) is 40.0 Å². The van der Waals surface area contributed by atoms with Gasteiger partial charge in [0.05, 0.1) is 6.54 Å². The van der Waals surface area contributed by atoms with E-state index in [9.17, 15) is 0 Å². The van der Waals surface area contributed by atoms with Gasteiger partial charge in [-0.1, -0.05) is 19.8 Å². The summed E-state index contributed by atoms with van der Waals surface area (Å²) in [5.41, 5.74) is 0.584. The second-order valence-electron chi connectivity index (χ2n) is 5.11. The zero-order valence-electron chi connectivity index (χ0n) is 11.1. The second-order valence-corrected chi connectivity index (χ2v) is 5.11. The van der Waals surface area contributed by atoms with E-state index in [-0.39, 0.29) is 0 Å². The average Bonchev–Trinajstić information content (AvgIpc) is 2.74. The molecule has 1 fully saturated rings. The van der Waals surface area contributed by atoms with Crippen molar-refractivity contribution in [3.63, 3.8) is 0 Å². The molecular weight excluding hydrogens is 196 g/mol. The number of hydrogen-bond donors (Lipinski definition) is 1. The molecule has 2 heteroatoms. The van der Waals surface area contributed by atoms with Crippen molar-refractivity contribution in [1.29, 1.82) is 0 Å². The van der Waals surface area contributed by atoms with Gasteiger partial charge >= 0.3 is 0 Å². The molecule has 1 atom stereocenters. The van der Waals surface area contributed by atoms with Crippen LogP contribution in [-0.4, -0.2) is 37.1 Å². The van der Waals surface area contributed by atoms with Crippen LogP contribution < -0.4 is 5.32 Å².